The molecule has 9 heteroatoms. The molecule has 0 saturated carbocycles. The lowest BCUT2D eigenvalue weighted by Gasteiger charge is -2.35. The first-order valence-electron chi connectivity index (χ1n) is 11.3. The lowest BCUT2D eigenvalue weighted by Crippen LogP contribution is -2.39. The molecule has 4 aromatic rings. The number of nitrogens with zero attached hydrogens (tertiary/aromatic N) is 5. The van der Waals surface area contributed by atoms with Crippen molar-refractivity contribution in [2.24, 2.45) is 0 Å². The summed E-state index contributed by atoms with van der Waals surface area (Å²) in [6.07, 6.45) is 8.41. The van der Waals surface area contributed by atoms with Gasteiger partial charge in [-0.3, -0.25) is 0 Å². The van der Waals surface area contributed by atoms with Gasteiger partial charge in [-0.1, -0.05) is 12.1 Å². The molecule has 0 aliphatic carbocycles. The zero-order valence-corrected chi connectivity index (χ0v) is 19.3. The van der Waals surface area contributed by atoms with Gasteiger partial charge in [-0.25, -0.2) is 27.8 Å². The smallest absolute Gasteiger partial charge is 0.194 e. The summed E-state index contributed by atoms with van der Waals surface area (Å²) in [5, 5.41) is 14.8. The fourth-order valence-corrected chi connectivity index (χ4v) is 4.72. The highest BCUT2D eigenvalue weighted by atomic mass is 19.2. The summed E-state index contributed by atoms with van der Waals surface area (Å²) in [6.45, 7) is 4.08. The summed E-state index contributed by atoms with van der Waals surface area (Å²) in [7, 11) is 0. The molecule has 3 heterocycles. The van der Waals surface area contributed by atoms with Gasteiger partial charge in [-0.2, -0.15) is 5.10 Å². The Bertz CT molecular complexity index is 1420. The summed E-state index contributed by atoms with van der Waals surface area (Å²) in [6, 6.07) is 7.89. The number of rotatable bonds is 5. The van der Waals surface area contributed by atoms with Crippen LogP contribution in [-0.2, 0) is 12.0 Å². The summed E-state index contributed by atoms with van der Waals surface area (Å²) in [5.41, 5.74) is 2.96. The third-order valence-corrected chi connectivity index (χ3v) is 6.53. The molecular weight excluding hydrogens is 455 g/mol. The number of aryl methyl sites for hydroxylation is 3. The molecule has 180 valence electrons. The molecular formula is C26H24F3N5O. The Labute approximate surface area is 200 Å². The topological polar surface area (TPSA) is 68.8 Å². The van der Waals surface area contributed by atoms with E-state index in [0.29, 0.717) is 31.0 Å². The van der Waals surface area contributed by atoms with Gasteiger partial charge in [0.05, 0.1) is 24.0 Å². The average molecular weight is 480 g/mol. The minimum absolute atomic E-state index is 0.140. The third kappa shape index (κ3) is 4.05. The highest BCUT2D eigenvalue weighted by molar-refractivity contribution is 5.68. The van der Waals surface area contributed by atoms with Crippen molar-refractivity contribution in [2.45, 2.75) is 38.6 Å². The number of halogens is 3. The van der Waals surface area contributed by atoms with Crippen molar-refractivity contribution in [1.29, 1.82) is 0 Å². The minimum Gasteiger partial charge on any atom is -0.395 e. The second-order valence-corrected chi connectivity index (χ2v) is 8.92. The monoisotopic (exact) mass is 479 g/mol. The molecule has 0 radical (unpaired) electrons. The molecule has 6 nitrogen and oxygen atoms in total. The second-order valence-electron chi connectivity index (χ2n) is 8.92. The van der Waals surface area contributed by atoms with Gasteiger partial charge in [-0.05, 0) is 73.7 Å². The van der Waals surface area contributed by atoms with Crippen molar-refractivity contribution in [3.63, 3.8) is 0 Å². The Kier molecular flexibility index (Phi) is 5.80. The predicted molar refractivity (Wildman–Crippen MR) is 125 cm³/mol. The molecule has 1 N–H and O–H groups in total. The van der Waals surface area contributed by atoms with E-state index >= 15 is 0 Å². The van der Waals surface area contributed by atoms with Gasteiger partial charge in [0.2, 0.25) is 0 Å². The maximum absolute atomic E-state index is 14.0. The van der Waals surface area contributed by atoms with Gasteiger partial charge in [0.15, 0.2) is 23.3 Å². The molecule has 2 aromatic heterocycles. The number of aromatic nitrogens is 5. The van der Waals surface area contributed by atoms with Crippen LogP contribution in [0.15, 0.2) is 42.9 Å². The highest BCUT2D eigenvalue weighted by Crippen LogP contribution is 2.39. The molecule has 0 saturated heterocycles. The number of fused-ring (bicyclic) bond motifs is 1. The van der Waals surface area contributed by atoms with Crippen molar-refractivity contribution in [1.82, 2.24) is 24.3 Å². The summed E-state index contributed by atoms with van der Waals surface area (Å²) < 4.78 is 45.2. The molecule has 0 amide bonds. The number of hydrogen-bond acceptors (Lipinski definition) is 4. The SMILES string of the molecule is Cc1cn(-c2ccc(/C=C/c3nc4n(n3)CCC[C@@]4(CO)c3cc(F)c(F)c(F)c3)cc2C)cn1. The van der Waals surface area contributed by atoms with E-state index in [2.05, 4.69) is 15.1 Å². The standard InChI is InChI=1S/C26H24F3N5O/c1-16-10-18(4-6-22(16)33-13-17(2)30-15-33)5-7-23-31-25-26(14-35,8-3-9-34(25)32-23)19-11-20(27)24(29)21(28)12-19/h4-7,10-13,15,35H,3,8-9,14H2,1-2H3/b7-5+/t26-/m1/s1. The van der Waals surface area contributed by atoms with Gasteiger partial charge in [0.1, 0.15) is 5.82 Å². The summed E-state index contributed by atoms with van der Waals surface area (Å²) >= 11 is 0. The second kappa shape index (κ2) is 8.81. The van der Waals surface area contributed by atoms with Crippen molar-refractivity contribution >= 4 is 12.2 Å². The van der Waals surface area contributed by atoms with Crippen molar-refractivity contribution in [3.05, 3.63) is 94.3 Å². The lowest BCUT2D eigenvalue weighted by atomic mass is 9.74. The highest BCUT2D eigenvalue weighted by Gasteiger charge is 2.42. The van der Waals surface area contributed by atoms with Crippen LogP contribution in [-0.4, -0.2) is 36.0 Å². The number of hydrogen-bond donors (Lipinski definition) is 1. The maximum atomic E-state index is 14.0. The number of benzene rings is 2. The van der Waals surface area contributed by atoms with Crippen LogP contribution >= 0.6 is 0 Å². The van der Waals surface area contributed by atoms with E-state index in [0.717, 1.165) is 34.6 Å². The zero-order valence-electron chi connectivity index (χ0n) is 19.3. The number of aliphatic hydroxyl groups excluding tert-OH is 1. The Hall–Kier alpha value is -3.72. The molecule has 1 aliphatic rings. The molecule has 0 spiro atoms. The van der Waals surface area contributed by atoms with Crippen molar-refractivity contribution in [3.8, 4) is 5.69 Å². The van der Waals surface area contributed by atoms with Crippen LogP contribution in [0.2, 0.25) is 0 Å². The van der Waals surface area contributed by atoms with Crippen molar-refractivity contribution in [2.75, 3.05) is 6.61 Å². The van der Waals surface area contributed by atoms with E-state index in [1.165, 1.54) is 0 Å². The average Bonchev–Trinajstić information content (AvgIpc) is 3.46. The molecule has 35 heavy (non-hydrogen) atoms. The van der Waals surface area contributed by atoms with Crippen LogP contribution < -0.4 is 0 Å². The first-order chi connectivity index (χ1) is 16.8. The molecule has 5 rings (SSSR count). The van der Waals surface area contributed by atoms with Crippen molar-refractivity contribution < 1.29 is 18.3 Å². The van der Waals surface area contributed by atoms with Gasteiger partial charge in [0.25, 0.3) is 0 Å². The van der Waals surface area contributed by atoms with E-state index in [1.54, 1.807) is 17.1 Å². The molecule has 1 atom stereocenters. The summed E-state index contributed by atoms with van der Waals surface area (Å²) in [4.78, 5) is 8.86. The molecule has 1 aliphatic heterocycles. The van der Waals surface area contributed by atoms with Crippen LogP contribution in [0.1, 0.15) is 46.9 Å². The Morgan fingerprint density at radius 2 is 1.86 bits per heavy atom. The van der Waals surface area contributed by atoms with Gasteiger partial charge in [0, 0.05) is 18.4 Å². The predicted octanol–water partition coefficient (Wildman–Crippen LogP) is 4.74. The van der Waals surface area contributed by atoms with Gasteiger partial charge in [-0.15, -0.1) is 0 Å². The fraction of sp³-hybridized carbons (Fsp3) is 0.269. The normalized spacial score (nSPS) is 17.8. The van der Waals surface area contributed by atoms with E-state index in [4.69, 9.17) is 0 Å². The molecule has 0 fully saturated rings. The lowest BCUT2D eigenvalue weighted by molar-refractivity contribution is 0.180. The van der Waals surface area contributed by atoms with E-state index in [-0.39, 0.29) is 5.56 Å². The quantitative estimate of drug-likeness (QED) is 0.420. The van der Waals surface area contributed by atoms with E-state index < -0.39 is 29.5 Å². The Balaban J connectivity index is 1.47. The largest absolute Gasteiger partial charge is 0.395 e. The minimum atomic E-state index is -1.53. The van der Waals surface area contributed by atoms with E-state index in [1.807, 2.05) is 48.9 Å². The first-order valence-corrected chi connectivity index (χ1v) is 11.3. The molecule has 0 unspecified atom stereocenters. The van der Waals surface area contributed by atoms with Gasteiger partial charge < -0.3 is 9.67 Å². The number of aliphatic hydroxyl groups is 1. The maximum Gasteiger partial charge on any atom is 0.194 e. The van der Waals surface area contributed by atoms with Crippen LogP contribution in [0.25, 0.3) is 17.8 Å². The molecule has 0 bridgehead atoms. The van der Waals surface area contributed by atoms with E-state index in [9.17, 15) is 18.3 Å². The Morgan fingerprint density at radius 1 is 1.09 bits per heavy atom. The Morgan fingerprint density at radius 3 is 2.51 bits per heavy atom. The molecule has 2 aromatic carbocycles. The fourth-order valence-electron chi connectivity index (χ4n) is 4.72. The number of imidazole rings is 1. The van der Waals surface area contributed by atoms with Crippen LogP contribution in [0.4, 0.5) is 13.2 Å². The first kappa shape index (κ1) is 23.0. The van der Waals surface area contributed by atoms with Crippen LogP contribution in [0.5, 0.6) is 0 Å². The van der Waals surface area contributed by atoms with Crippen LogP contribution in [0, 0.1) is 31.3 Å². The zero-order chi connectivity index (χ0) is 24.7. The van der Waals surface area contributed by atoms with Crippen LogP contribution in [0.3, 0.4) is 0 Å². The third-order valence-electron chi connectivity index (χ3n) is 6.53. The van der Waals surface area contributed by atoms with Gasteiger partial charge >= 0.3 is 0 Å². The summed E-state index contributed by atoms with van der Waals surface area (Å²) in [5.74, 6) is -3.32.